The summed E-state index contributed by atoms with van der Waals surface area (Å²) in [5, 5.41) is 10.7. The van der Waals surface area contributed by atoms with Gasteiger partial charge in [-0.15, -0.1) is 0 Å². The lowest BCUT2D eigenvalue weighted by Crippen LogP contribution is -2.30. The predicted octanol–water partition coefficient (Wildman–Crippen LogP) is 27.3. The van der Waals surface area contributed by atoms with Crippen LogP contribution < -0.4 is 0 Å². The molecule has 0 aromatic heterocycles. The van der Waals surface area contributed by atoms with Gasteiger partial charge in [-0.3, -0.25) is 37.3 Å². The molecule has 0 aliphatic carbocycles. The molecule has 0 spiro atoms. The van der Waals surface area contributed by atoms with Crippen LogP contribution in [0.1, 0.15) is 472 Å². The van der Waals surface area contributed by atoms with Crippen LogP contribution in [0.25, 0.3) is 0 Å². The zero-order valence-electron chi connectivity index (χ0n) is 71.3. The van der Waals surface area contributed by atoms with E-state index < -0.39 is 97.5 Å². The Morgan fingerprint density at radius 1 is 0.250 bits per heavy atom. The third kappa shape index (κ3) is 82.1. The van der Waals surface area contributed by atoms with Gasteiger partial charge in [0.05, 0.1) is 26.4 Å². The van der Waals surface area contributed by atoms with Gasteiger partial charge in [-0.1, -0.05) is 421 Å². The zero-order chi connectivity index (χ0) is 79.3. The van der Waals surface area contributed by atoms with Crippen molar-refractivity contribution in [3.63, 3.8) is 0 Å². The molecule has 642 valence electrons. The van der Waals surface area contributed by atoms with Crippen molar-refractivity contribution in [2.45, 2.75) is 491 Å². The van der Waals surface area contributed by atoms with E-state index in [2.05, 4.69) is 48.5 Å². The highest BCUT2D eigenvalue weighted by molar-refractivity contribution is 7.47. The number of aliphatic hydroxyl groups excluding tert-OH is 1. The first-order chi connectivity index (χ1) is 52.2. The lowest BCUT2D eigenvalue weighted by molar-refractivity contribution is -0.161. The smallest absolute Gasteiger partial charge is 0.462 e. The molecule has 0 rings (SSSR count). The van der Waals surface area contributed by atoms with Crippen molar-refractivity contribution in [2.24, 2.45) is 17.8 Å². The number of hydrogen-bond donors (Lipinski definition) is 3. The van der Waals surface area contributed by atoms with E-state index in [1.807, 2.05) is 0 Å². The molecule has 3 N–H and O–H groups in total. The van der Waals surface area contributed by atoms with E-state index in [4.69, 9.17) is 37.0 Å². The average molecular weight is 1580 g/mol. The minimum atomic E-state index is -4.97. The first-order valence-electron chi connectivity index (χ1n) is 45.8. The topological polar surface area (TPSA) is 237 Å². The molecule has 0 saturated heterocycles. The van der Waals surface area contributed by atoms with E-state index >= 15 is 0 Å². The minimum absolute atomic E-state index is 0.108. The van der Waals surface area contributed by atoms with Crippen molar-refractivity contribution in [1.29, 1.82) is 0 Å². The number of rotatable bonds is 87. The van der Waals surface area contributed by atoms with Crippen molar-refractivity contribution in [3.05, 3.63) is 0 Å². The molecule has 5 atom stereocenters. The van der Waals surface area contributed by atoms with Crippen molar-refractivity contribution in [3.8, 4) is 0 Å². The fraction of sp³-hybridized carbons (Fsp3) is 0.955. The third-order valence-electron chi connectivity index (χ3n) is 20.9. The maximum atomic E-state index is 13.2. The van der Waals surface area contributed by atoms with Crippen molar-refractivity contribution in [2.75, 3.05) is 39.6 Å². The first kappa shape index (κ1) is 106. The van der Waals surface area contributed by atoms with Gasteiger partial charge in [-0.05, 0) is 43.4 Å². The summed E-state index contributed by atoms with van der Waals surface area (Å²) < 4.78 is 69.0. The summed E-state index contributed by atoms with van der Waals surface area (Å²) in [6, 6.07) is 0. The summed E-state index contributed by atoms with van der Waals surface area (Å²) in [4.78, 5) is 73.4. The SMILES string of the molecule is CCCCCCCCCCCCCCCC(=O)OC[C@H](COP(=O)(O)OC[C@H](O)COP(=O)(O)OC[C@@H](COC(=O)CCCCCCCCCCCCCCCCC(C)C)OC(=O)CCCCCCCCCCCCCCCCCCCCC(C)C)OC(=O)CCCCCCCCCCCCCCCCC(C)C. The van der Waals surface area contributed by atoms with Gasteiger partial charge in [0.15, 0.2) is 12.2 Å². The largest absolute Gasteiger partial charge is 0.472 e. The van der Waals surface area contributed by atoms with Gasteiger partial charge in [0, 0.05) is 25.7 Å². The number of carbonyl (C=O) groups excluding carboxylic acids is 4. The molecule has 0 aliphatic rings. The van der Waals surface area contributed by atoms with Crippen LogP contribution in [0.3, 0.4) is 0 Å². The summed E-state index contributed by atoms with van der Waals surface area (Å²) >= 11 is 0. The second kappa shape index (κ2) is 78.9. The molecule has 0 heterocycles. The molecule has 17 nitrogen and oxygen atoms in total. The van der Waals surface area contributed by atoms with Crippen LogP contribution in [0.15, 0.2) is 0 Å². The molecule has 0 fully saturated rings. The number of aliphatic hydroxyl groups is 1. The number of phosphoric acid groups is 2. The Kier molecular flexibility index (Phi) is 77.5. The fourth-order valence-electron chi connectivity index (χ4n) is 13.9. The minimum Gasteiger partial charge on any atom is -0.462 e. The van der Waals surface area contributed by atoms with Gasteiger partial charge >= 0.3 is 39.5 Å². The number of phosphoric ester groups is 2. The monoisotopic (exact) mass is 1580 g/mol. The van der Waals surface area contributed by atoms with Gasteiger partial charge in [-0.25, -0.2) is 9.13 Å². The molecule has 19 heteroatoms. The standard InChI is InChI=1S/C89H174O17P2/c1-8-9-10-11-12-13-14-25-35-42-49-56-63-70-86(91)99-76-84(106-89(94)73-66-59-52-45-38-31-24-22-28-34-41-48-55-62-69-82(6)7)78-103-107(95,96)101-74-83(90)75-102-108(97,98)104-79-85(77-100-87(92)71-64-57-50-43-36-29-23-21-27-33-40-47-54-61-68-81(4)5)105-88(93)72-65-58-51-44-37-30-20-18-16-15-17-19-26-32-39-46-53-60-67-80(2)3/h80-85,90H,8-79H2,1-7H3,(H,95,96)(H,97,98)/t83-,84+,85+/m0/s1. The molecule has 0 aromatic rings. The van der Waals surface area contributed by atoms with Gasteiger partial charge in [0.25, 0.3) is 0 Å². The highest BCUT2D eigenvalue weighted by Crippen LogP contribution is 2.45. The average Bonchev–Trinajstić information content (AvgIpc) is 0.898. The predicted molar refractivity (Wildman–Crippen MR) is 446 cm³/mol. The van der Waals surface area contributed by atoms with Gasteiger partial charge in [0.1, 0.15) is 19.3 Å². The van der Waals surface area contributed by atoms with E-state index in [0.29, 0.717) is 25.7 Å². The van der Waals surface area contributed by atoms with Crippen LogP contribution >= 0.6 is 15.6 Å². The summed E-state index contributed by atoms with van der Waals surface area (Å²) in [5.41, 5.74) is 0. The Bertz CT molecular complexity index is 2080. The lowest BCUT2D eigenvalue weighted by Gasteiger charge is -2.21. The van der Waals surface area contributed by atoms with E-state index in [1.165, 1.54) is 283 Å². The highest BCUT2D eigenvalue weighted by atomic mass is 31.2. The maximum absolute atomic E-state index is 13.2. The molecule has 0 radical (unpaired) electrons. The van der Waals surface area contributed by atoms with E-state index in [1.54, 1.807) is 0 Å². The maximum Gasteiger partial charge on any atom is 0.472 e. The second-order valence-electron chi connectivity index (χ2n) is 33.4. The van der Waals surface area contributed by atoms with Crippen molar-refractivity contribution >= 4 is 39.5 Å². The Morgan fingerprint density at radius 2 is 0.426 bits per heavy atom. The van der Waals surface area contributed by atoms with Crippen molar-refractivity contribution in [1.82, 2.24) is 0 Å². The fourth-order valence-corrected chi connectivity index (χ4v) is 15.5. The van der Waals surface area contributed by atoms with Gasteiger partial charge < -0.3 is 33.8 Å². The van der Waals surface area contributed by atoms with Crippen LogP contribution in [0, 0.1) is 17.8 Å². The summed E-state index contributed by atoms with van der Waals surface area (Å²) in [5.74, 6) is 0.316. The van der Waals surface area contributed by atoms with Crippen LogP contribution in [0.2, 0.25) is 0 Å². The Morgan fingerprint density at radius 3 is 0.630 bits per heavy atom. The lowest BCUT2D eigenvalue weighted by atomic mass is 10.0. The molecule has 2 unspecified atom stereocenters. The molecule has 0 aliphatic heterocycles. The van der Waals surface area contributed by atoms with E-state index in [9.17, 15) is 43.2 Å². The first-order valence-corrected chi connectivity index (χ1v) is 48.8. The molecular weight excluding hydrogens is 1400 g/mol. The molecule has 0 saturated carbocycles. The second-order valence-corrected chi connectivity index (χ2v) is 36.3. The Hall–Kier alpha value is -1.94. The Labute approximate surface area is 664 Å². The molecular formula is C89H174O17P2. The quantitative estimate of drug-likeness (QED) is 0.0222. The molecule has 0 amide bonds. The van der Waals surface area contributed by atoms with Crippen LogP contribution in [-0.2, 0) is 65.4 Å². The number of esters is 4. The van der Waals surface area contributed by atoms with E-state index in [0.717, 1.165) is 108 Å². The third-order valence-corrected chi connectivity index (χ3v) is 22.8. The number of carbonyl (C=O) groups is 4. The van der Waals surface area contributed by atoms with Crippen LogP contribution in [0.4, 0.5) is 0 Å². The van der Waals surface area contributed by atoms with Gasteiger partial charge in [-0.2, -0.15) is 0 Å². The summed E-state index contributed by atoms with van der Waals surface area (Å²) in [7, 11) is -9.93. The summed E-state index contributed by atoms with van der Waals surface area (Å²) in [6.07, 6.45) is 70.7. The molecule has 0 aromatic carbocycles. The normalized spacial score (nSPS) is 13.8. The van der Waals surface area contributed by atoms with Crippen molar-refractivity contribution < 1.29 is 80.2 Å². The van der Waals surface area contributed by atoms with Crippen LogP contribution in [-0.4, -0.2) is 96.7 Å². The van der Waals surface area contributed by atoms with Crippen LogP contribution in [0.5, 0.6) is 0 Å². The van der Waals surface area contributed by atoms with E-state index in [-0.39, 0.29) is 25.7 Å². The number of unbranched alkanes of at least 4 members (excludes halogenated alkanes) is 55. The highest BCUT2D eigenvalue weighted by Gasteiger charge is 2.31. The number of ether oxygens (including phenoxy) is 4. The molecule has 108 heavy (non-hydrogen) atoms. The van der Waals surface area contributed by atoms with Gasteiger partial charge in [0.2, 0.25) is 0 Å². The number of hydrogen-bond acceptors (Lipinski definition) is 15. The molecule has 0 bridgehead atoms. The Balaban J connectivity index is 5.26. The summed E-state index contributed by atoms with van der Waals surface area (Å²) in [6.45, 7) is 12.1. The zero-order valence-corrected chi connectivity index (χ0v) is 73.1.